The van der Waals surface area contributed by atoms with Crippen molar-refractivity contribution in [2.75, 3.05) is 20.2 Å². The quantitative estimate of drug-likeness (QED) is 0.292. The van der Waals surface area contributed by atoms with Gasteiger partial charge in [-0.25, -0.2) is 4.79 Å². The first-order valence-electron chi connectivity index (χ1n) is 13.8. The average molecular weight is 514 g/mol. The van der Waals surface area contributed by atoms with Gasteiger partial charge in [0.1, 0.15) is 6.10 Å². The van der Waals surface area contributed by atoms with Crippen LogP contribution in [0.15, 0.2) is 78.9 Å². The number of carbonyl (C=O) groups excluding carboxylic acids is 1. The Bertz CT molecular complexity index is 1210. The first kappa shape index (κ1) is 26.3. The number of benzene rings is 3. The third kappa shape index (κ3) is 5.73. The molecule has 1 saturated carbocycles. The van der Waals surface area contributed by atoms with Gasteiger partial charge in [0.05, 0.1) is 18.8 Å². The largest absolute Gasteiger partial charge is 0.493 e. The SMILES string of the molecule is COc1ccc(C2CN(Cc3ccccc3)CC2(C)C(C)OC(=O)c2ccccc2)cc1OC1CCCC1. The fourth-order valence-corrected chi connectivity index (χ4v) is 6.11. The molecule has 5 heteroatoms. The molecular weight excluding hydrogens is 474 g/mol. The highest BCUT2D eigenvalue weighted by molar-refractivity contribution is 5.89. The van der Waals surface area contributed by atoms with E-state index in [1.54, 1.807) is 19.2 Å². The summed E-state index contributed by atoms with van der Waals surface area (Å²) in [5, 5.41) is 0. The fraction of sp³-hybridized carbons (Fsp3) is 0.424. The predicted molar refractivity (Wildman–Crippen MR) is 150 cm³/mol. The molecule has 0 spiro atoms. The molecule has 5 rings (SSSR count). The van der Waals surface area contributed by atoms with Gasteiger partial charge in [-0.05, 0) is 68.0 Å². The summed E-state index contributed by atoms with van der Waals surface area (Å²) in [4.78, 5) is 15.5. The zero-order valence-corrected chi connectivity index (χ0v) is 22.8. The molecule has 1 aliphatic heterocycles. The van der Waals surface area contributed by atoms with Crippen molar-refractivity contribution in [2.45, 2.75) is 64.2 Å². The summed E-state index contributed by atoms with van der Waals surface area (Å²) in [6.07, 6.45) is 4.56. The molecule has 3 aromatic carbocycles. The Kier molecular flexibility index (Phi) is 8.04. The second-order valence-corrected chi connectivity index (χ2v) is 11.1. The van der Waals surface area contributed by atoms with E-state index in [1.165, 1.54) is 24.0 Å². The lowest BCUT2D eigenvalue weighted by Gasteiger charge is -2.36. The number of hydrogen-bond donors (Lipinski definition) is 0. The Morgan fingerprint density at radius 1 is 0.974 bits per heavy atom. The number of nitrogens with zero attached hydrogens (tertiary/aromatic N) is 1. The number of esters is 1. The van der Waals surface area contributed by atoms with Crippen LogP contribution >= 0.6 is 0 Å². The molecule has 0 aromatic heterocycles. The Labute approximate surface area is 226 Å². The molecule has 1 saturated heterocycles. The van der Waals surface area contributed by atoms with Crippen LogP contribution in [0.3, 0.4) is 0 Å². The van der Waals surface area contributed by atoms with E-state index in [1.807, 2.05) is 31.2 Å². The molecule has 200 valence electrons. The third-order valence-electron chi connectivity index (χ3n) is 8.46. The van der Waals surface area contributed by atoms with Gasteiger partial charge < -0.3 is 14.2 Å². The topological polar surface area (TPSA) is 48.0 Å². The van der Waals surface area contributed by atoms with Crippen LogP contribution in [0.1, 0.15) is 66.9 Å². The normalized spacial score (nSPS) is 22.8. The van der Waals surface area contributed by atoms with E-state index in [0.717, 1.165) is 44.0 Å². The van der Waals surface area contributed by atoms with E-state index >= 15 is 0 Å². The highest BCUT2D eigenvalue weighted by atomic mass is 16.5. The van der Waals surface area contributed by atoms with Gasteiger partial charge in [-0.15, -0.1) is 0 Å². The second kappa shape index (κ2) is 11.6. The van der Waals surface area contributed by atoms with Gasteiger partial charge in [-0.1, -0.05) is 61.5 Å². The Morgan fingerprint density at radius 3 is 2.34 bits per heavy atom. The highest BCUT2D eigenvalue weighted by Crippen LogP contribution is 2.48. The molecule has 3 atom stereocenters. The lowest BCUT2D eigenvalue weighted by Crippen LogP contribution is -2.40. The van der Waals surface area contributed by atoms with E-state index < -0.39 is 0 Å². The number of rotatable bonds is 9. The van der Waals surface area contributed by atoms with Gasteiger partial charge >= 0.3 is 5.97 Å². The van der Waals surface area contributed by atoms with Crippen LogP contribution in [0.2, 0.25) is 0 Å². The van der Waals surface area contributed by atoms with E-state index in [9.17, 15) is 4.79 Å². The minimum Gasteiger partial charge on any atom is -0.493 e. The van der Waals surface area contributed by atoms with Crippen LogP contribution in [0.5, 0.6) is 11.5 Å². The zero-order chi connectivity index (χ0) is 26.5. The number of hydrogen-bond acceptors (Lipinski definition) is 5. The number of carbonyl (C=O) groups is 1. The van der Waals surface area contributed by atoms with E-state index in [4.69, 9.17) is 14.2 Å². The molecule has 3 aromatic rings. The maximum absolute atomic E-state index is 13.0. The van der Waals surface area contributed by atoms with E-state index in [0.29, 0.717) is 5.56 Å². The first-order chi connectivity index (χ1) is 18.5. The van der Waals surface area contributed by atoms with Crippen molar-refractivity contribution in [3.63, 3.8) is 0 Å². The maximum atomic E-state index is 13.0. The molecule has 2 aliphatic rings. The summed E-state index contributed by atoms with van der Waals surface area (Å²) in [5.41, 5.74) is 2.76. The van der Waals surface area contributed by atoms with E-state index in [2.05, 4.69) is 54.3 Å². The molecule has 1 aliphatic carbocycles. The summed E-state index contributed by atoms with van der Waals surface area (Å²) in [7, 11) is 1.70. The lowest BCUT2D eigenvalue weighted by molar-refractivity contribution is -0.00730. The number of likely N-dealkylation sites (tertiary alicyclic amines) is 1. The van der Waals surface area contributed by atoms with Gasteiger partial charge in [0.15, 0.2) is 11.5 Å². The zero-order valence-electron chi connectivity index (χ0n) is 22.8. The minimum atomic E-state index is -0.293. The molecule has 0 N–H and O–H groups in total. The molecular formula is C33H39NO4. The van der Waals surface area contributed by atoms with Crippen LogP contribution in [-0.4, -0.2) is 43.3 Å². The molecule has 38 heavy (non-hydrogen) atoms. The average Bonchev–Trinajstić information content (AvgIpc) is 3.57. The van der Waals surface area contributed by atoms with Crippen molar-refractivity contribution in [2.24, 2.45) is 5.41 Å². The predicted octanol–water partition coefficient (Wildman–Crippen LogP) is 6.87. The number of ether oxygens (including phenoxy) is 3. The molecule has 2 fully saturated rings. The molecule has 3 unspecified atom stereocenters. The van der Waals surface area contributed by atoms with Gasteiger partial charge in [-0.2, -0.15) is 0 Å². The molecule has 0 bridgehead atoms. The maximum Gasteiger partial charge on any atom is 0.338 e. The van der Waals surface area contributed by atoms with Crippen molar-refractivity contribution in [3.05, 3.63) is 95.6 Å². The van der Waals surface area contributed by atoms with Crippen LogP contribution in [0.25, 0.3) is 0 Å². The van der Waals surface area contributed by atoms with Crippen molar-refractivity contribution >= 4 is 5.97 Å². The molecule has 0 amide bonds. The standard InChI is InChI=1S/C33H39NO4/c1-24(37-32(35)26-14-8-5-9-15-26)33(2)23-34(21-25-12-6-4-7-13-25)22-29(33)27-18-19-30(36-3)31(20-27)38-28-16-10-11-17-28/h4-9,12-15,18-20,24,28-29H,10-11,16-17,21-23H2,1-3H3. The lowest BCUT2D eigenvalue weighted by atomic mass is 9.72. The molecule has 1 heterocycles. The summed E-state index contributed by atoms with van der Waals surface area (Å²) < 4.78 is 18.3. The smallest absolute Gasteiger partial charge is 0.338 e. The van der Waals surface area contributed by atoms with Crippen LogP contribution in [0, 0.1) is 5.41 Å². The fourth-order valence-electron chi connectivity index (χ4n) is 6.11. The Balaban J connectivity index is 1.44. The summed E-state index contributed by atoms with van der Waals surface area (Å²) in [5.74, 6) is 1.46. The van der Waals surface area contributed by atoms with Gasteiger partial charge in [0.25, 0.3) is 0 Å². The summed E-state index contributed by atoms with van der Waals surface area (Å²) >= 11 is 0. The van der Waals surface area contributed by atoms with Crippen LogP contribution < -0.4 is 9.47 Å². The summed E-state index contributed by atoms with van der Waals surface area (Å²) in [6, 6.07) is 26.2. The first-order valence-corrected chi connectivity index (χ1v) is 13.8. The summed E-state index contributed by atoms with van der Waals surface area (Å²) in [6.45, 7) is 6.84. The van der Waals surface area contributed by atoms with Crippen molar-refractivity contribution in [1.82, 2.24) is 4.90 Å². The van der Waals surface area contributed by atoms with Crippen LogP contribution in [-0.2, 0) is 11.3 Å². The van der Waals surface area contributed by atoms with Gasteiger partial charge in [-0.3, -0.25) is 4.90 Å². The minimum absolute atomic E-state index is 0.154. The second-order valence-electron chi connectivity index (χ2n) is 11.1. The van der Waals surface area contributed by atoms with Crippen molar-refractivity contribution in [3.8, 4) is 11.5 Å². The Hall–Kier alpha value is -3.31. The van der Waals surface area contributed by atoms with Gasteiger partial charge in [0, 0.05) is 31.0 Å². The van der Waals surface area contributed by atoms with E-state index in [-0.39, 0.29) is 29.5 Å². The van der Waals surface area contributed by atoms with Crippen LogP contribution in [0.4, 0.5) is 0 Å². The third-order valence-corrected chi connectivity index (χ3v) is 8.46. The molecule has 0 radical (unpaired) electrons. The van der Waals surface area contributed by atoms with Gasteiger partial charge in [0.2, 0.25) is 0 Å². The number of methoxy groups -OCH3 is 1. The van der Waals surface area contributed by atoms with Crippen molar-refractivity contribution < 1.29 is 19.0 Å². The van der Waals surface area contributed by atoms with Crippen molar-refractivity contribution in [1.29, 1.82) is 0 Å². The monoisotopic (exact) mass is 513 g/mol. The Morgan fingerprint density at radius 2 is 1.66 bits per heavy atom. The molecule has 5 nitrogen and oxygen atoms in total. The highest BCUT2D eigenvalue weighted by Gasteiger charge is 2.49.